The first-order valence-electron chi connectivity index (χ1n) is 10.2. The number of aromatic nitrogens is 1. The Balaban J connectivity index is 1.72. The number of Topliss-reactive ketones (excluding diaryl/α,β-unsaturated/α-hetero) is 1. The molecule has 2 heterocycles. The Morgan fingerprint density at radius 3 is 2.70 bits per heavy atom. The minimum absolute atomic E-state index is 0.0726. The van der Waals surface area contributed by atoms with Gasteiger partial charge in [0.2, 0.25) is 0 Å². The molecule has 1 amide bonds. The molecule has 0 unspecified atom stereocenters. The van der Waals surface area contributed by atoms with Gasteiger partial charge in [-0.05, 0) is 29.3 Å². The Hall–Kier alpha value is -3.68. The number of ether oxygens (including phenoxy) is 2. The first kappa shape index (κ1) is 22.5. The number of carbonyl (C=O) groups excluding carboxylic acids is 3. The van der Waals surface area contributed by atoms with Crippen molar-refractivity contribution in [3.8, 4) is 0 Å². The zero-order valence-electron chi connectivity index (χ0n) is 17.7. The van der Waals surface area contributed by atoms with Crippen LogP contribution < -0.4 is 5.32 Å². The number of benzene rings is 2. The minimum atomic E-state index is -0.841. The van der Waals surface area contributed by atoms with E-state index in [-0.39, 0.29) is 24.5 Å². The first-order valence-corrected chi connectivity index (χ1v) is 10.6. The molecule has 0 spiro atoms. The lowest BCUT2D eigenvalue weighted by Crippen LogP contribution is -2.31. The third kappa shape index (κ3) is 5.05. The standard InChI is InChI=1S/C25H21ClN2O5/c1-2-10-32-14-17-4-3-5-21-23(17)20(13-28(21)12-16-6-8-18(26)9-7-16)24(30)25(31)27-19-11-22(29)33-15-19/h2-9,11,13H,1,10,12,14-15H2,(H,27,31). The van der Waals surface area contributed by atoms with Gasteiger partial charge >= 0.3 is 5.97 Å². The number of halogens is 1. The lowest BCUT2D eigenvalue weighted by molar-refractivity contribution is -0.135. The first-order chi connectivity index (χ1) is 16.0. The van der Waals surface area contributed by atoms with Crippen molar-refractivity contribution < 1.29 is 23.9 Å². The van der Waals surface area contributed by atoms with E-state index < -0.39 is 17.7 Å². The summed E-state index contributed by atoms with van der Waals surface area (Å²) >= 11 is 6.00. The van der Waals surface area contributed by atoms with Crippen LogP contribution >= 0.6 is 11.6 Å². The van der Waals surface area contributed by atoms with E-state index in [0.29, 0.717) is 23.6 Å². The highest BCUT2D eigenvalue weighted by Gasteiger charge is 2.25. The second kappa shape index (κ2) is 9.85. The van der Waals surface area contributed by atoms with Crippen molar-refractivity contribution in [1.82, 2.24) is 9.88 Å². The summed E-state index contributed by atoms with van der Waals surface area (Å²) in [5.74, 6) is -2.11. The van der Waals surface area contributed by atoms with E-state index in [1.807, 2.05) is 34.9 Å². The number of fused-ring (bicyclic) bond motifs is 1. The second-order valence-electron chi connectivity index (χ2n) is 7.47. The van der Waals surface area contributed by atoms with Gasteiger partial charge in [-0.25, -0.2) is 4.79 Å². The van der Waals surface area contributed by atoms with Gasteiger partial charge in [-0.2, -0.15) is 0 Å². The molecule has 0 bridgehead atoms. The third-order valence-corrected chi connectivity index (χ3v) is 5.39. The molecule has 0 saturated heterocycles. The normalized spacial score (nSPS) is 13.0. The molecule has 1 N–H and O–H groups in total. The van der Waals surface area contributed by atoms with Crippen LogP contribution in [0.15, 0.2) is 73.1 Å². The molecule has 168 valence electrons. The summed E-state index contributed by atoms with van der Waals surface area (Å²) in [5, 5.41) is 3.74. The van der Waals surface area contributed by atoms with Gasteiger partial charge in [0.15, 0.2) is 0 Å². The molecule has 1 aliphatic rings. The molecule has 2 aromatic carbocycles. The number of nitrogens with zero attached hydrogens (tertiary/aromatic N) is 1. The monoisotopic (exact) mass is 464 g/mol. The number of esters is 1. The number of ketones is 1. The smallest absolute Gasteiger partial charge is 0.333 e. The topological polar surface area (TPSA) is 86.6 Å². The van der Waals surface area contributed by atoms with Crippen LogP contribution in [0.3, 0.4) is 0 Å². The Labute approximate surface area is 195 Å². The van der Waals surface area contributed by atoms with Gasteiger partial charge < -0.3 is 19.4 Å². The summed E-state index contributed by atoms with van der Waals surface area (Å²) in [7, 11) is 0. The average Bonchev–Trinajstić information content (AvgIpc) is 3.38. The van der Waals surface area contributed by atoms with Gasteiger partial charge in [0.25, 0.3) is 11.7 Å². The minimum Gasteiger partial charge on any atom is -0.456 e. The van der Waals surface area contributed by atoms with Crippen molar-refractivity contribution in [2.24, 2.45) is 0 Å². The summed E-state index contributed by atoms with van der Waals surface area (Å²) in [5.41, 5.74) is 3.05. The van der Waals surface area contributed by atoms with Crippen molar-refractivity contribution in [3.63, 3.8) is 0 Å². The summed E-state index contributed by atoms with van der Waals surface area (Å²) in [4.78, 5) is 37.1. The fourth-order valence-electron chi connectivity index (χ4n) is 3.66. The third-order valence-electron chi connectivity index (χ3n) is 5.14. The van der Waals surface area contributed by atoms with Gasteiger partial charge in [-0.3, -0.25) is 9.59 Å². The number of hydrogen-bond donors (Lipinski definition) is 1. The van der Waals surface area contributed by atoms with Crippen molar-refractivity contribution in [3.05, 3.63) is 94.8 Å². The molecule has 1 aliphatic heterocycles. The van der Waals surface area contributed by atoms with Gasteiger partial charge in [0.1, 0.15) is 6.61 Å². The van der Waals surface area contributed by atoms with Gasteiger partial charge in [-0.1, -0.05) is 41.9 Å². The molecule has 3 aromatic rings. The maximum Gasteiger partial charge on any atom is 0.333 e. The summed E-state index contributed by atoms with van der Waals surface area (Å²) in [6.45, 7) is 4.66. The van der Waals surface area contributed by atoms with Crippen LogP contribution in [0.4, 0.5) is 0 Å². The maximum absolute atomic E-state index is 13.2. The molecular weight excluding hydrogens is 444 g/mol. The quantitative estimate of drug-likeness (QED) is 0.171. The molecule has 0 atom stereocenters. The molecule has 1 aromatic heterocycles. The lowest BCUT2D eigenvalue weighted by Gasteiger charge is -2.08. The Morgan fingerprint density at radius 1 is 1.21 bits per heavy atom. The van der Waals surface area contributed by atoms with Crippen LogP contribution in [0.1, 0.15) is 21.5 Å². The molecule has 33 heavy (non-hydrogen) atoms. The maximum atomic E-state index is 13.2. The number of carbonyl (C=O) groups is 3. The molecule has 0 fully saturated rings. The van der Waals surface area contributed by atoms with E-state index in [1.54, 1.807) is 24.4 Å². The molecule has 0 radical (unpaired) electrons. The summed E-state index contributed by atoms with van der Waals surface area (Å²) < 4.78 is 12.3. The number of nitrogens with one attached hydrogen (secondary N) is 1. The van der Waals surface area contributed by atoms with E-state index in [2.05, 4.69) is 11.9 Å². The highest BCUT2D eigenvalue weighted by Crippen LogP contribution is 2.28. The predicted molar refractivity (Wildman–Crippen MR) is 124 cm³/mol. The van der Waals surface area contributed by atoms with E-state index >= 15 is 0 Å². The molecule has 0 aliphatic carbocycles. The molecular formula is C25H21ClN2O5. The predicted octanol–water partition coefficient (Wildman–Crippen LogP) is 3.79. The molecule has 7 nitrogen and oxygen atoms in total. The molecule has 4 rings (SSSR count). The fraction of sp³-hybridized carbons (Fsp3) is 0.160. The van der Waals surface area contributed by atoms with Crippen LogP contribution in [0, 0.1) is 0 Å². The van der Waals surface area contributed by atoms with Crippen molar-refractivity contribution in [2.45, 2.75) is 13.2 Å². The largest absolute Gasteiger partial charge is 0.456 e. The number of cyclic esters (lactones) is 1. The van der Waals surface area contributed by atoms with Crippen molar-refractivity contribution >= 4 is 40.2 Å². The van der Waals surface area contributed by atoms with Crippen LogP contribution in [0.25, 0.3) is 10.9 Å². The molecule has 8 heteroatoms. The zero-order valence-corrected chi connectivity index (χ0v) is 18.4. The van der Waals surface area contributed by atoms with Gasteiger partial charge in [0, 0.05) is 34.7 Å². The number of hydrogen-bond acceptors (Lipinski definition) is 5. The Morgan fingerprint density at radius 2 is 2.00 bits per heavy atom. The van der Waals surface area contributed by atoms with Crippen molar-refractivity contribution in [2.75, 3.05) is 13.2 Å². The van der Waals surface area contributed by atoms with Crippen LogP contribution in [-0.2, 0) is 32.2 Å². The highest BCUT2D eigenvalue weighted by molar-refractivity contribution is 6.45. The number of rotatable bonds is 9. The Bertz CT molecular complexity index is 1270. The fourth-order valence-corrected chi connectivity index (χ4v) is 3.79. The highest BCUT2D eigenvalue weighted by atomic mass is 35.5. The SMILES string of the molecule is C=CCOCc1cccc2c1c(C(=O)C(=O)NC1=CC(=O)OC1)cn2Cc1ccc(Cl)cc1. The van der Waals surface area contributed by atoms with Crippen LogP contribution in [-0.4, -0.2) is 35.4 Å². The average molecular weight is 465 g/mol. The Kier molecular flexibility index (Phi) is 6.72. The van der Waals surface area contributed by atoms with E-state index in [4.69, 9.17) is 21.1 Å². The summed E-state index contributed by atoms with van der Waals surface area (Å²) in [6, 6.07) is 13.0. The van der Waals surface area contributed by atoms with Crippen molar-refractivity contribution in [1.29, 1.82) is 0 Å². The van der Waals surface area contributed by atoms with Gasteiger partial charge in [-0.15, -0.1) is 6.58 Å². The number of amides is 1. The lowest BCUT2D eigenvalue weighted by atomic mass is 10.0. The van der Waals surface area contributed by atoms with Crippen LogP contribution in [0.5, 0.6) is 0 Å². The zero-order chi connectivity index (χ0) is 23.4. The van der Waals surface area contributed by atoms with E-state index in [1.165, 1.54) is 0 Å². The van der Waals surface area contributed by atoms with Gasteiger partial charge in [0.05, 0.1) is 24.5 Å². The van der Waals surface area contributed by atoms with Crippen LogP contribution in [0.2, 0.25) is 5.02 Å². The molecule has 0 saturated carbocycles. The van der Waals surface area contributed by atoms with E-state index in [9.17, 15) is 14.4 Å². The summed E-state index contributed by atoms with van der Waals surface area (Å²) in [6.07, 6.45) is 4.47. The second-order valence-corrected chi connectivity index (χ2v) is 7.91. The van der Waals surface area contributed by atoms with E-state index in [0.717, 1.165) is 22.7 Å².